The van der Waals surface area contributed by atoms with E-state index in [1.165, 1.54) is 32.4 Å². The van der Waals surface area contributed by atoms with Crippen LogP contribution in [0.4, 0.5) is 8.78 Å². The molecule has 0 aliphatic heterocycles. The number of carbonyl (C=O) groups is 1. The molecule has 0 amide bonds. The van der Waals surface area contributed by atoms with Gasteiger partial charge in [-0.2, -0.15) is 8.78 Å². The Morgan fingerprint density at radius 3 is 2.37 bits per heavy atom. The maximum absolute atomic E-state index is 12.3. The fraction of sp³-hybridized carbons (Fsp3) is 0.176. The Hall–Kier alpha value is -3.07. The average Bonchev–Trinajstić information content (AvgIpc) is 2.65. The van der Waals surface area contributed by atoms with Crippen molar-refractivity contribution in [3.63, 3.8) is 0 Å². The van der Waals surface area contributed by atoms with E-state index < -0.39 is 12.6 Å². The highest BCUT2D eigenvalue weighted by Crippen LogP contribution is 2.29. The summed E-state index contributed by atoms with van der Waals surface area (Å²) in [4.78, 5) is 16.9. The number of halogens is 3. The molecule has 0 aliphatic rings. The van der Waals surface area contributed by atoms with Crippen LogP contribution in [0.2, 0.25) is 5.02 Å². The van der Waals surface area contributed by atoms with Gasteiger partial charge in [-0.1, -0.05) is 16.8 Å². The van der Waals surface area contributed by atoms with Gasteiger partial charge in [0.15, 0.2) is 17.3 Å². The van der Waals surface area contributed by atoms with Crippen molar-refractivity contribution in [3.05, 3.63) is 52.5 Å². The molecule has 0 spiro atoms. The molecule has 0 saturated carbocycles. The van der Waals surface area contributed by atoms with Crippen molar-refractivity contribution in [1.29, 1.82) is 0 Å². The van der Waals surface area contributed by atoms with Crippen molar-refractivity contribution in [3.8, 4) is 17.2 Å². The summed E-state index contributed by atoms with van der Waals surface area (Å²) in [5.41, 5.74) is 6.13. The van der Waals surface area contributed by atoms with Crippen molar-refractivity contribution in [2.75, 3.05) is 14.2 Å². The number of hydrogen-bond acceptors (Lipinski definition) is 6. The van der Waals surface area contributed by atoms with Crippen LogP contribution in [-0.2, 0) is 4.84 Å². The highest BCUT2D eigenvalue weighted by Gasteiger charge is 2.16. The molecule has 10 heteroatoms. The van der Waals surface area contributed by atoms with E-state index in [9.17, 15) is 13.6 Å². The molecule has 27 heavy (non-hydrogen) atoms. The molecule has 0 aliphatic carbocycles. The standard InChI is InChI=1S/C17H15ClF2N2O5/c1-24-12-6-4-10(18)8-11(12)15(21)22-27-16(23)9-3-5-13(26-17(19)20)14(7-9)25-2/h3-8,17H,1-2H3,(H2,21,22). The van der Waals surface area contributed by atoms with Crippen LogP contribution in [0.1, 0.15) is 15.9 Å². The van der Waals surface area contributed by atoms with Gasteiger partial charge in [0.2, 0.25) is 0 Å². The SMILES string of the molecule is COc1cc(C(=O)O/N=C(\N)c2cc(Cl)ccc2OC)ccc1OC(F)F. The van der Waals surface area contributed by atoms with Crippen LogP contribution in [0, 0.1) is 0 Å². The second-order valence-corrected chi connectivity index (χ2v) is 5.38. The molecule has 0 atom stereocenters. The zero-order valence-corrected chi connectivity index (χ0v) is 15.0. The average molecular weight is 401 g/mol. The van der Waals surface area contributed by atoms with Gasteiger partial charge in [0.25, 0.3) is 0 Å². The van der Waals surface area contributed by atoms with Gasteiger partial charge in [0, 0.05) is 5.02 Å². The predicted octanol–water partition coefficient (Wildman–Crippen LogP) is 3.44. The topological polar surface area (TPSA) is 92.4 Å². The number of oxime groups is 1. The fourth-order valence-corrected chi connectivity index (χ4v) is 2.23. The molecule has 0 radical (unpaired) electrons. The zero-order chi connectivity index (χ0) is 20.0. The minimum atomic E-state index is -3.03. The molecule has 0 fully saturated rings. The Kier molecular flexibility index (Phi) is 6.78. The molecule has 144 valence electrons. The molecule has 0 saturated heterocycles. The van der Waals surface area contributed by atoms with Gasteiger partial charge < -0.3 is 24.8 Å². The predicted molar refractivity (Wildman–Crippen MR) is 93.8 cm³/mol. The monoisotopic (exact) mass is 400 g/mol. The molecule has 2 aromatic rings. The van der Waals surface area contributed by atoms with Crippen LogP contribution in [0.25, 0.3) is 0 Å². The zero-order valence-electron chi connectivity index (χ0n) is 14.2. The summed E-state index contributed by atoms with van der Waals surface area (Å²) >= 11 is 5.91. The van der Waals surface area contributed by atoms with Crippen molar-refractivity contribution >= 4 is 23.4 Å². The van der Waals surface area contributed by atoms with E-state index in [1.54, 1.807) is 12.1 Å². The number of hydrogen-bond donors (Lipinski definition) is 1. The molecule has 0 heterocycles. The number of carbonyl (C=O) groups excluding carboxylic acids is 1. The molecule has 0 bridgehead atoms. The van der Waals surface area contributed by atoms with Crippen molar-refractivity contribution in [2.24, 2.45) is 10.9 Å². The molecule has 2 rings (SSSR count). The molecule has 7 nitrogen and oxygen atoms in total. The van der Waals surface area contributed by atoms with Crippen LogP contribution in [0.3, 0.4) is 0 Å². The number of amidine groups is 1. The number of nitrogens with zero attached hydrogens (tertiary/aromatic N) is 1. The first-order valence-corrected chi connectivity index (χ1v) is 7.75. The maximum Gasteiger partial charge on any atom is 0.387 e. The number of alkyl halides is 2. The van der Waals surface area contributed by atoms with Gasteiger partial charge in [-0.05, 0) is 36.4 Å². The van der Waals surface area contributed by atoms with Gasteiger partial charge in [-0.3, -0.25) is 0 Å². The quantitative estimate of drug-likeness (QED) is 0.331. The minimum absolute atomic E-state index is 0.0110. The van der Waals surface area contributed by atoms with E-state index in [0.717, 1.165) is 6.07 Å². The third-order valence-corrected chi connectivity index (χ3v) is 3.51. The van der Waals surface area contributed by atoms with Crippen LogP contribution < -0.4 is 19.9 Å². The molecule has 0 aromatic heterocycles. The third kappa shape index (κ3) is 5.20. The lowest BCUT2D eigenvalue weighted by Crippen LogP contribution is -2.16. The lowest BCUT2D eigenvalue weighted by Gasteiger charge is -2.10. The summed E-state index contributed by atoms with van der Waals surface area (Å²) in [6.07, 6.45) is 0. The van der Waals surface area contributed by atoms with Gasteiger partial charge in [-0.25, -0.2) is 4.79 Å². The summed E-state index contributed by atoms with van der Waals surface area (Å²) < 4.78 is 39.0. The fourth-order valence-electron chi connectivity index (χ4n) is 2.06. The van der Waals surface area contributed by atoms with Crippen LogP contribution in [0.5, 0.6) is 17.2 Å². The normalized spacial score (nSPS) is 11.3. The van der Waals surface area contributed by atoms with Crippen molar-refractivity contribution < 1.29 is 32.6 Å². The smallest absolute Gasteiger partial charge is 0.387 e. The van der Waals surface area contributed by atoms with E-state index in [-0.39, 0.29) is 22.9 Å². The minimum Gasteiger partial charge on any atom is -0.496 e. The number of nitrogens with two attached hydrogens (primary N) is 1. The highest BCUT2D eigenvalue weighted by molar-refractivity contribution is 6.31. The Bertz CT molecular complexity index is 861. The van der Waals surface area contributed by atoms with Crippen LogP contribution in [0.15, 0.2) is 41.6 Å². The molecule has 2 N–H and O–H groups in total. The Balaban J connectivity index is 2.20. The second kappa shape index (κ2) is 9.04. The van der Waals surface area contributed by atoms with E-state index in [2.05, 4.69) is 9.89 Å². The summed E-state index contributed by atoms with van der Waals surface area (Å²) in [6.45, 7) is -3.03. The first kappa shape index (κ1) is 20.2. The van der Waals surface area contributed by atoms with E-state index in [1.807, 2.05) is 0 Å². The van der Waals surface area contributed by atoms with E-state index >= 15 is 0 Å². The number of methoxy groups -OCH3 is 2. The highest BCUT2D eigenvalue weighted by atomic mass is 35.5. The third-order valence-electron chi connectivity index (χ3n) is 3.28. The molecular formula is C17H15ClF2N2O5. The molecule has 2 aromatic carbocycles. The van der Waals surface area contributed by atoms with E-state index in [0.29, 0.717) is 16.3 Å². The second-order valence-electron chi connectivity index (χ2n) is 4.94. The Labute approximate surface area is 158 Å². The molecular weight excluding hydrogens is 386 g/mol. The maximum atomic E-state index is 12.3. The van der Waals surface area contributed by atoms with Gasteiger partial charge in [0.05, 0.1) is 25.3 Å². The number of benzene rings is 2. The van der Waals surface area contributed by atoms with E-state index in [4.69, 9.17) is 31.6 Å². The number of ether oxygens (including phenoxy) is 3. The Morgan fingerprint density at radius 1 is 1.07 bits per heavy atom. The van der Waals surface area contributed by atoms with Gasteiger partial charge >= 0.3 is 12.6 Å². The first-order valence-electron chi connectivity index (χ1n) is 7.37. The summed E-state index contributed by atoms with van der Waals surface area (Å²) in [5, 5.41) is 3.94. The van der Waals surface area contributed by atoms with Crippen LogP contribution >= 0.6 is 11.6 Å². The van der Waals surface area contributed by atoms with Gasteiger partial charge in [0.1, 0.15) is 5.75 Å². The van der Waals surface area contributed by atoms with Gasteiger partial charge in [-0.15, -0.1) is 0 Å². The number of rotatable bonds is 7. The van der Waals surface area contributed by atoms with Crippen molar-refractivity contribution in [1.82, 2.24) is 0 Å². The lowest BCUT2D eigenvalue weighted by molar-refractivity contribution is -0.0512. The van der Waals surface area contributed by atoms with Crippen molar-refractivity contribution in [2.45, 2.75) is 6.61 Å². The summed E-state index contributed by atoms with van der Waals surface area (Å²) in [7, 11) is 2.67. The summed E-state index contributed by atoms with van der Waals surface area (Å²) in [5.74, 6) is -0.950. The Morgan fingerprint density at radius 2 is 1.74 bits per heavy atom. The molecule has 0 unspecified atom stereocenters. The summed E-state index contributed by atoms with van der Waals surface area (Å²) in [6, 6.07) is 8.20. The van der Waals surface area contributed by atoms with Crippen LogP contribution in [-0.4, -0.2) is 32.6 Å². The largest absolute Gasteiger partial charge is 0.496 e. The first-order chi connectivity index (χ1) is 12.8. The lowest BCUT2D eigenvalue weighted by atomic mass is 10.2.